The molecule has 5 nitrogen and oxygen atoms in total. The summed E-state index contributed by atoms with van der Waals surface area (Å²) in [5.41, 5.74) is 3.90. The van der Waals surface area contributed by atoms with Gasteiger partial charge in [-0.2, -0.15) is 0 Å². The molecular weight excluding hydrogens is 324 g/mol. The van der Waals surface area contributed by atoms with E-state index in [0.717, 1.165) is 22.4 Å². The monoisotopic (exact) mass is 344 g/mol. The van der Waals surface area contributed by atoms with E-state index in [0.29, 0.717) is 0 Å². The Bertz CT molecular complexity index is 762. The minimum absolute atomic E-state index is 0.00485. The van der Waals surface area contributed by atoms with E-state index in [2.05, 4.69) is 5.32 Å². The van der Waals surface area contributed by atoms with E-state index in [1.807, 2.05) is 45.0 Å². The number of carbonyl (C=O) groups excluding carboxylic acids is 1. The average Bonchev–Trinajstić information content (AvgIpc) is 2.55. The third kappa shape index (κ3) is 4.83. The Morgan fingerprint density at radius 3 is 2.67 bits per heavy atom. The van der Waals surface area contributed by atoms with E-state index in [-0.39, 0.29) is 22.6 Å². The molecule has 1 N–H and O–H groups in total. The van der Waals surface area contributed by atoms with Crippen LogP contribution in [0.2, 0.25) is 0 Å². The minimum Gasteiger partial charge on any atom is -0.325 e. The highest BCUT2D eigenvalue weighted by atomic mass is 32.2. The number of nitrogens with one attached hydrogen (secondary N) is 1. The Kier molecular flexibility index (Phi) is 5.98. The third-order valence-electron chi connectivity index (χ3n) is 3.67. The van der Waals surface area contributed by atoms with Crippen molar-refractivity contribution in [1.29, 1.82) is 0 Å². The van der Waals surface area contributed by atoms with Gasteiger partial charge in [0.2, 0.25) is 5.91 Å². The quantitative estimate of drug-likeness (QED) is 0.612. The van der Waals surface area contributed by atoms with Crippen LogP contribution in [0.1, 0.15) is 28.9 Å². The van der Waals surface area contributed by atoms with E-state index in [1.54, 1.807) is 12.1 Å². The Morgan fingerprint density at radius 1 is 1.25 bits per heavy atom. The topological polar surface area (TPSA) is 72.2 Å². The van der Waals surface area contributed by atoms with Crippen LogP contribution in [0.15, 0.2) is 42.5 Å². The van der Waals surface area contributed by atoms with Gasteiger partial charge in [0.1, 0.15) is 0 Å². The molecule has 0 aliphatic rings. The van der Waals surface area contributed by atoms with Crippen LogP contribution in [-0.4, -0.2) is 16.6 Å². The maximum absolute atomic E-state index is 12.1. The molecule has 0 saturated heterocycles. The summed E-state index contributed by atoms with van der Waals surface area (Å²) in [5.74, 6) is 0.209. The number of amides is 1. The Balaban J connectivity index is 1.93. The lowest BCUT2D eigenvalue weighted by atomic mass is 10.1. The van der Waals surface area contributed by atoms with Crippen LogP contribution in [0.3, 0.4) is 0 Å². The molecule has 0 heterocycles. The minimum atomic E-state index is -0.409. The second kappa shape index (κ2) is 7.97. The molecule has 2 aromatic rings. The molecule has 0 spiro atoms. The first-order valence-electron chi connectivity index (χ1n) is 7.60. The summed E-state index contributed by atoms with van der Waals surface area (Å²) < 4.78 is 0. The van der Waals surface area contributed by atoms with Gasteiger partial charge in [0.05, 0.1) is 10.7 Å². The molecule has 126 valence electrons. The summed E-state index contributed by atoms with van der Waals surface area (Å²) in [6.07, 6.45) is 0. The fourth-order valence-corrected chi connectivity index (χ4v) is 3.14. The van der Waals surface area contributed by atoms with Crippen molar-refractivity contribution < 1.29 is 9.72 Å². The number of rotatable bonds is 6. The lowest BCUT2D eigenvalue weighted by molar-refractivity contribution is -0.384. The van der Waals surface area contributed by atoms with Gasteiger partial charge in [-0.05, 0) is 38.0 Å². The van der Waals surface area contributed by atoms with E-state index in [4.69, 9.17) is 0 Å². The van der Waals surface area contributed by atoms with E-state index < -0.39 is 4.92 Å². The van der Waals surface area contributed by atoms with Crippen LogP contribution >= 0.6 is 11.8 Å². The van der Waals surface area contributed by atoms with Gasteiger partial charge in [0.15, 0.2) is 0 Å². The standard InChI is InChI=1S/C18H20N2O3S/c1-12-7-8-17(13(2)9-12)19-18(21)11-24-14(3)15-5-4-6-16(10-15)20(22)23/h4-10,14H,11H2,1-3H3,(H,19,21)/t14-/m0/s1. The maximum Gasteiger partial charge on any atom is 0.269 e. The zero-order chi connectivity index (χ0) is 17.7. The number of aryl methyl sites for hydroxylation is 2. The van der Waals surface area contributed by atoms with Crippen molar-refractivity contribution in [3.63, 3.8) is 0 Å². The third-order valence-corrected chi connectivity index (χ3v) is 4.87. The first kappa shape index (κ1) is 18.0. The molecule has 0 bridgehead atoms. The van der Waals surface area contributed by atoms with Gasteiger partial charge in [-0.15, -0.1) is 11.8 Å². The van der Waals surface area contributed by atoms with Crippen molar-refractivity contribution in [3.05, 3.63) is 69.3 Å². The van der Waals surface area contributed by atoms with E-state index >= 15 is 0 Å². The molecule has 0 aliphatic carbocycles. The number of nitro benzene ring substituents is 1. The summed E-state index contributed by atoms with van der Waals surface area (Å²) in [6.45, 7) is 5.91. The molecule has 2 rings (SSSR count). The molecule has 0 fully saturated rings. The fraction of sp³-hybridized carbons (Fsp3) is 0.278. The number of nitro groups is 1. The van der Waals surface area contributed by atoms with E-state index in [1.165, 1.54) is 17.8 Å². The molecule has 0 aliphatic heterocycles. The van der Waals surface area contributed by atoms with Gasteiger partial charge in [-0.3, -0.25) is 14.9 Å². The smallest absolute Gasteiger partial charge is 0.269 e. The summed E-state index contributed by atoms with van der Waals surface area (Å²) >= 11 is 1.45. The van der Waals surface area contributed by atoms with Crippen molar-refractivity contribution >= 4 is 29.0 Å². The van der Waals surface area contributed by atoms with Gasteiger partial charge in [-0.25, -0.2) is 0 Å². The highest BCUT2D eigenvalue weighted by molar-refractivity contribution is 8.00. The van der Waals surface area contributed by atoms with Gasteiger partial charge < -0.3 is 5.32 Å². The molecule has 1 amide bonds. The van der Waals surface area contributed by atoms with Gasteiger partial charge in [-0.1, -0.05) is 29.8 Å². The molecule has 0 radical (unpaired) electrons. The zero-order valence-electron chi connectivity index (χ0n) is 13.9. The highest BCUT2D eigenvalue weighted by Gasteiger charge is 2.13. The number of carbonyl (C=O) groups is 1. The summed E-state index contributed by atoms with van der Waals surface area (Å²) in [5, 5.41) is 13.7. The van der Waals surface area contributed by atoms with Crippen LogP contribution in [0, 0.1) is 24.0 Å². The normalized spacial score (nSPS) is 11.8. The van der Waals surface area contributed by atoms with Crippen molar-refractivity contribution in [2.24, 2.45) is 0 Å². The number of anilines is 1. The molecule has 0 unspecified atom stereocenters. The van der Waals surface area contributed by atoms with Crippen LogP contribution < -0.4 is 5.32 Å². The molecule has 1 atom stereocenters. The van der Waals surface area contributed by atoms with Crippen LogP contribution in [0.25, 0.3) is 0 Å². The van der Waals surface area contributed by atoms with Gasteiger partial charge >= 0.3 is 0 Å². The predicted octanol–water partition coefficient (Wildman–Crippen LogP) is 4.64. The first-order chi connectivity index (χ1) is 11.4. The summed E-state index contributed by atoms with van der Waals surface area (Å²) in [7, 11) is 0. The Labute approximate surface area is 145 Å². The van der Waals surface area contributed by atoms with Crippen molar-refractivity contribution in [1.82, 2.24) is 0 Å². The van der Waals surface area contributed by atoms with Crippen LogP contribution in [0.5, 0.6) is 0 Å². The number of hydrogen-bond acceptors (Lipinski definition) is 4. The lowest BCUT2D eigenvalue weighted by Gasteiger charge is -2.13. The van der Waals surface area contributed by atoms with Gasteiger partial charge in [0, 0.05) is 23.1 Å². The largest absolute Gasteiger partial charge is 0.325 e. The molecule has 0 aromatic heterocycles. The van der Waals surface area contributed by atoms with Crippen molar-refractivity contribution in [3.8, 4) is 0 Å². The molecule has 0 saturated carbocycles. The SMILES string of the molecule is Cc1ccc(NC(=O)CS[C@@H](C)c2cccc([N+](=O)[O-])c2)c(C)c1. The fourth-order valence-electron chi connectivity index (χ4n) is 2.33. The van der Waals surface area contributed by atoms with Gasteiger partial charge in [0.25, 0.3) is 5.69 Å². The zero-order valence-corrected chi connectivity index (χ0v) is 14.7. The molecular formula is C18H20N2O3S. The second-order valence-electron chi connectivity index (χ2n) is 5.67. The van der Waals surface area contributed by atoms with Crippen LogP contribution in [-0.2, 0) is 4.79 Å². The Morgan fingerprint density at radius 2 is 2.00 bits per heavy atom. The lowest BCUT2D eigenvalue weighted by Crippen LogP contribution is -2.15. The van der Waals surface area contributed by atoms with Crippen molar-refractivity contribution in [2.45, 2.75) is 26.0 Å². The number of non-ortho nitro benzene ring substituents is 1. The predicted molar refractivity (Wildman–Crippen MR) is 98.5 cm³/mol. The van der Waals surface area contributed by atoms with Crippen molar-refractivity contribution in [2.75, 3.05) is 11.1 Å². The molecule has 2 aromatic carbocycles. The number of thioether (sulfide) groups is 1. The Hall–Kier alpha value is -2.34. The highest BCUT2D eigenvalue weighted by Crippen LogP contribution is 2.30. The molecule has 6 heteroatoms. The number of nitrogens with zero attached hydrogens (tertiary/aromatic N) is 1. The molecule has 24 heavy (non-hydrogen) atoms. The number of benzene rings is 2. The second-order valence-corrected chi connectivity index (χ2v) is 7.00. The first-order valence-corrected chi connectivity index (χ1v) is 8.64. The maximum atomic E-state index is 12.1. The average molecular weight is 344 g/mol. The summed E-state index contributed by atoms with van der Waals surface area (Å²) in [6, 6.07) is 12.4. The summed E-state index contributed by atoms with van der Waals surface area (Å²) in [4.78, 5) is 22.5. The number of hydrogen-bond donors (Lipinski definition) is 1. The van der Waals surface area contributed by atoms with Crippen LogP contribution in [0.4, 0.5) is 11.4 Å². The van der Waals surface area contributed by atoms with E-state index in [9.17, 15) is 14.9 Å².